The molecule has 1 rings (SSSR count). The summed E-state index contributed by atoms with van der Waals surface area (Å²) in [6.07, 6.45) is 0.853. The van der Waals surface area contributed by atoms with E-state index in [1.165, 1.54) is 0 Å². The van der Waals surface area contributed by atoms with Gasteiger partial charge in [-0.1, -0.05) is 20.8 Å². The van der Waals surface area contributed by atoms with Crippen molar-refractivity contribution >= 4 is 0 Å². The molecule has 0 aliphatic rings. The number of hydrogen-bond donors (Lipinski definition) is 1. The van der Waals surface area contributed by atoms with Crippen molar-refractivity contribution < 1.29 is 14.6 Å². The van der Waals surface area contributed by atoms with Crippen molar-refractivity contribution in [2.24, 2.45) is 11.3 Å². The SMILES string of the molecule is COc1ccc(OCCC(CO)C(C)(C)C)cc1. The predicted octanol–water partition coefficient (Wildman–Crippen LogP) is 3.12. The third kappa shape index (κ3) is 4.57. The zero-order valence-corrected chi connectivity index (χ0v) is 11.8. The van der Waals surface area contributed by atoms with E-state index >= 15 is 0 Å². The maximum Gasteiger partial charge on any atom is 0.119 e. The molecule has 1 aromatic carbocycles. The zero-order valence-electron chi connectivity index (χ0n) is 11.8. The molecule has 0 heterocycles. The molecule has 3 nitrogen and oxygen atoms in total. The largest absolute Gasteiger partial charge is 0.497 e. The lowest BCUT2D eigenvalue weighted by atomic mass is 9.79. The van der Waals surface area contributed by atoms with Gasteiger partial charge >= 0.3 is 0 Å². The summed E-state index contributed by atoms with van der Waals surface area (Å²) >= 11 is 0. The van der Waals surface area contributed by atoms with Crippen molar-refractivity contribution in [3.05, 3.63) is 24.3 Å². The molecule has 18 heavy (non-hydrogen) atoms. The molecule has 3 heteroatoms. The van der Waals surface area contributed by atoms with E-state index in [0.29, 0.717) is 6.61 Å². The van der Waals surface area contributed by atoms with Gasteiger partial charge < -0.3 is 14.6 Å². The summed E-state index contributed by atoms with van der Waals surface area (Å²) in [5.41, 5.74) is 0.109. The summed E-state index contributed by atoms with van der Waals surface area (Å²) in [6.45, 7) is 7.24. The molecule has 1 atom stereocenters. The van der Waals surface area contributed by atoms with Crippen molar-refractivity contribution in [2.75, 3.05) is 20.3 Å². The Bertz CT molecular complexity index is 338. The van der Waals surface area contributed by atoms with Crippen LogP contribution in [0.1, 0.15) is 27.2 Å². The quantitative estimate of drug-likeness (QED) is 0.845. The smallest absolute Gasteiger partial charge is 0.119 e. The molecular weight excluding hydrogens is 228 g/mol. The maximum atomic E-state index is 9.36. The summed E-state index contributed by atoms with van der Waals surface area (Å²) in [5.74, 6) is 1.92. The lowest BCUT2D eigenvalue weighted by Gasteiger charge is -2.28. The Hall–Kier alpha value is -1.22. The Morgan fingerprint density at radius 2 is 1.67 bits per heavy atom. The van der Waals surface area contributed by atoms with Crippen LogP contribution in [0.5, 0.6) is 11.5 Å². The summed E-state index contributed by atoms with van der Waals surface area (Å²) in [5, 5.41) is 9.36. The van der Waals surface area contributed by atoms with Crippen LogP contribution in [0.4, 0.5) is 0 Å². The molecule has 0 aromatic heterocycles. The van der Waals surface area contributed by atoms with Gasteiger partial charge in [-0.15, -0.1) is 0 Å². The molecule has 0 saturated heterocycles. The van der Waals surface area contributed by atoms with Crippen LogP contribution in [0, 0.1) is 11.3 Å². The number of rotatable bonds is 6. The van der Waals surface area contributed by atoms with Gasteiger partial charge in [0.15, 0.2) is 0 Å². The number of benzene rings is 1. The van der Waals surface area contributed by atoms with Gasteiger partial charge in [0.05, 0.1) is 13.7 Å². The van der Waals surface area contributed by atoms with E-state index in [0.717, 1.165) is 17.9 Å². The lowest BCUT2D eigenvalue weighted by Crippen LogP contribution is -2.25. The number of methoxy groups -OCH3 is 1. The van der Waals surface area contributed by atoms with Gasteiger partial charge in [-0.25, -0.2) is 0 Å². The first kappa shape index (κ1) is 14.8. The second kappa shape index (κ2) is 6.64. The van der Waals surface area contributed by atoms with E-state index in [-0.39, 0.29) is 17.9 Å². The van der Waals surface area contributed by atoms with Crippen LogP contribution in [0.3, 0.4) is 0 Å². The molecule has 1 aromatic rings. The molecule has 0 spiro atoms. The zero-order chi connectivity index (χ0) is 13.6. The first-order chi connectivity index (χ1) is 8.47. The average Bonchev–Trinajstić information content (AvgIpc) is 2.34. The van der Waals surface area contributed by atoms with Gasteiger partial charge in [0.2, 0.25) is 0 Å². The lowest BCUT2D eigenvalue weighted by molar-refractivity contribution is 0.106. The third-order valence-corrected chi connectivity index (χ3v) is 3.24. The van der Waals surface area contributed by atoms with Gasteiger partial charge in [-0.3, -0.25) is 0 Å². The fourth-order valence-corrected chi connectivity index (χ4v) is 1.79. The van der Waals surface area contributed by atoms with Crippen molar-refractivity contribution in [2.45, 2.75) is 27.2 Å². The molecule has 0 aliphatic heterocycles. The second-order valence-electron chi connectivity index (χ2n) is 5.56. The average molecular weight is 252 g/mol. The minimum atomic E-state index is 0.109. The molecular formula is C15H24O3. The van der Waals surface area contributed by atoms with Crippen LogP contribution < -0.4 is 9.47 Å². The Morgan fingerprint density at radius 3 is 2.11 bits per heavy atom. The number of aliphatic hydroxyl groups is 1. The standard InChI is InChI=1S/C15H24O3/c1-15(2,3)12(11-16)9-10-18-14-7-5-13(17-4)6-8-14/h5-8,12,16H,9-11H2,1-4H3. The summed E-state index contributed by atoms with van der Waals surface area (Å²) in [7, 11) is 1.64. The first-order valence-corrected chi connectivity index (χ1v) is 6.35. The molecule has 1 N–H and O–H groups in total. The first-order valence-electron chi connectivity index (χ1n) is 6.35. The van der Waals surface area contributed by atoms with E-state index < -0.39 is 0 Å². The van der Waals surface area contributed by atoms with E-state index in [4.69, 9.17) is 9.47 Å². The Labute approximate surface area is 110 Å². The number of hydrogen-bond acceptors (Lipinski definition) is 3. The topological polar surface area (TPSA) is 38.7 Å². The monoisotopic (exact) mass is 252 g/mol. The van der Waals surface area contributed by atoms with Gasteiger partial charge in [0, 0.05) is 6.61 Å². The number of ether oxygens (including phenoxy) is 2. The van der Waals surface area contributed by atoms with Crippen molar-refractivity contribution in [1.82, 2.24) is 0 Å². The van der Waals surface area contributed by atoms with Gasteiger partial charge in [-0.2, -0.15) is 0 Å². The van der Waals surface area contributed by atoms with Gasteiger partial charge in [0.25, 0.3) is 0 Å². The molecule has 102 valence electrons. The maximum absolute atomic E-state index is 9.36. The highest BCUT2D eigenvalue weighted by Crippen LogP contribution is 2.28. The van der Waals surface area contributed by atoms with Crippen molar-refractivity contribution in [3.63, 3.8) is 0 Å². The van der Waals surface area contributed by atoms with Crippen molar-refractivity contribution in [1.29, 1.82) is 0 Å². The van der Waals surface area contributed by atoms with Gasteiger partial charge in [0.1, 0.15) is 11.5 Å². The Morgan fingerprint density at radius 1 is 1.11 bits per heavy atom. The number of aliphatic hydroxyl groups excluding tert-OH is 1. The predicted molar refractivity (Wildman–Crippen MR) is 73.1 cm³/mol. The fraction of sp³-hybridized carbons (Fsp3) is 0.600. The summed E-state index contributed by atoms with van der Waals surface area (Å²) < 4.78 is 10.8. The van der Waals surface area contributed by atoms with Crippen LogP contribution >= 0.6 is 0 Å². The van der Waals surface area contributed by atoms with E-state index in [9.17, 15) is 5.11 Å². The highest BCUT2D eigenvalue weighted by Gasteiger charge is 2.23. The van der Waals surface area contributed by atoms with E-state index in [1.807, 2.05) is 24.3 Å². The third-order valence-electron chi connectivity index (χ3n) is 3.24. The van der Waals surface area contributed by atoms with Crippen LogP contribution in [-0.4, -0.2) is 25.4 Å². The minimum absolute atomic E-state index is 0.109. The van der Waals surface area contributed by atoms with Crippen LogP contribution in [0.15, 0.2) is 24.3 Å². The van der Waals surface area contributed by atoms with Crippen LogP contribution in [0.25, 0.3) is 0 Å². The fourth-order valence-electron chi connectivity index (χ4n) is 1.79. The highest BCUT2D eigenvalue weighted by atomic mass is 16.5. The van der Waals surface area contributed by atoms with E-state index in [1.54, 1.807) is 7.11 Å². The Kier molecular flexibility index (Phi) is 5.48. The molecule has 1 unspecified atom stereocenters. The summed E-state index contributed by atoms with van der Waals surface area (Å²) in [4.78, 5) is 0. The van der Waals surface area contributed by atoms with Crippen LogP contribution in [0.2, 0.25) is 0 Å². The van der Waals surface area contributed by atoms with Crippen LogP contribution in [-0.2, 0) is 0 Å². The molecule has 0 saturated carbocycles. The molecule has 0 amide bonds. The second-order valence-corrected chi connectivity index (χ2v) is 5.56. The van der Waals surface area contributed by atoms with Crippen molar-refractivity contribution in [3.8, 4) is 11.5 Å². The molecule has 0 aliphatic carbocycles. The summed E-state index contributed by atoms with van der Waals surface area (Å²) in [6, 6.07) is 7.54. The Balaban J connectivity index is 2.40. The normalized spacial score (nSPS) is 13.2. The molecule has 0 bridgehead atoms. The van der Waals surface area contributed by atoms with E-state index in [2.05, 4.69) is 20.8 Å². The highest BCUT2D eigenvalue weighted by molar-refractivity contribution is 5.31. The molecule has 0 radical (unpaired) electrons. The van der Waals surface area contributed by atoms with Gasteiger partial charge in [-0.05, 0) is 42.0 Å². The molecule has 0 fully saturated rings. The minimum Gasteiger partial charge on any atom is -0.497 e.